The van der Waals surface area contributed by atoms with Gasteiger partial charge >= 0.3 is 0 Å². The molecule has 0 bridgehead atoms. The van der Waals surface area contributed by atoms with Crippen LogP contribution in [0.5, 0.6) is 0 Å². The Morgan fingerprint density at radius 1 is 0.425 bits per heavy atom. The largest absolute Gasteiger partial charge is 0.416 e. The van der Waals surface area contributed by atoms with Gasteiger partial charge in [-0.05, 0) is 76.5 Å². The Labute approximate surface area is 230 Å². The summed E-state index contributed by atoms with van der Waals surface area (Å²) < 4.78 is 8.32. The molecule has 0 amide bonds. The minimum Gasteiger partial charge on any atom is -0.416 e. The zero-order chi connectivity index (χ0) is 26.5. The molecule has 2 aromatic heterocycles. The minimum absolute atomic E-state index is 0.513. The fraction of sp³-hybridized carbons (Fsp3) is 0. The van der Waals surface area contributed by atoms with Gasteiger partial charge in [0, 0.05) is 27.6 Å². The topological polar surface area (TPSA) is 43.9 Å². The number of fused-ring (bicyclic) bond motifs is 4. The van der Waals surface area contributed by atoms with Gasteiger partial charge in [-0.3, -0.25) is 0 Å². The number of aromatic nitrogens is 3. The van der Waals surface area contributed by atoms with E-state index in [0.717, 1.165) is 27.9 Å². The van der Waals surface area contributed by atoms with Crippen molar-refractivity contribution in [2.45, 2.75) is 0 Å². The smallest absolute Gasteiger partial charge is 0.248 e. The van der Waals surface area contributed by atoms with Gasteiger partial charge in [-0.25, -0.2) is 0 Å². The van der Waals surface area contributed by atoms with Crippen molar-refractivity contribution in [3.8, 4) is 39.7 Å². The Kier molecular flexibility index (Phi) is 5.10. The van der Waals surface area contributed by atoms with Crippen molar-refractivity contribution in [3.63, 3.8) is 0 Å². The van der Waals surface area contributed by atoms with Crippen LogP contribution in [0, 0.1) is 0 Å². The normalized spacial score (nSPS) is 11.5. The Morgan fingerprint density at radius 2 is 1.05 bits per heavy atom. The van der Waals surface area contributed by atoms with Crippen LogP contribution in [0.3, 0.4) is 0 Å². The summed E-state index contributed by atoms with van der Waals surface area (Å²) >= 11 is 0. The fourth-order valence-corrected chi connectivity index (χ4v) is 5.59. The maximum atomic E-state index is 5.95. The third kappa shape index (κ3) is 3.69. The highest BCUT2D eigenvalue weighted by Gasteiger charge is 2.14. The molecule has 8 aromatic rings. The lowest BCUT2D eigenvalue weighted by molar-refractivity contribution is 0.584. The average Bonchev–Trinajstić information content (AvgIpc) is 3.65. The average molecular weight is 514 g/mol. The quantitative estimate of drug-likeness (QED) is 0.235. The van der Waals surface area contributed by atoms with E-state index in [-0.39, 0.29) is 0 Å². The van der Waals surface area contributed by atoms with E-state index in [4.69, 9.17) is 4.42 Å². The zero-order valence-electron chi connectivity index (χ0n) is 21.5. The summed E-state index contributed by atoms with van der Waals surface area (Å²) in [6, 6.07) is 48.7. The second-order valence-corrected chi connectivity index (χ2v) is 9.97. The molecule has 40 heavy (non-hydrogen) atoms. The lowest BCUT2D eigenvalue weighted by Crippen LogP contribution is -1.93. The molecule has 0 aliphatic rings. The van der Waals surface area contributed by atoms with Crippen molar-refractivity contribution >= 4 is 32.6 Å². The predicted octanol–water partition coefficient (Wildman–Crippen LogP) is 9.32. The van der Waals surface area contributed by atoms with Crippen LogP contribution >= 0.6 is 0 Å². The van der Waals surface area contributed by atoms with Gasteiger partial charge in [-0.2, -0.15) is 0 Å². The highest BCUT2D eigenvalue weighted by molar-refractivity contribution is 6.10. The second kappa shape index (κ2) is 9.07. The second-order valence-electron chi connectivity index (χ2n) is 9.97. The Morgan fingerprint density at radius 3 is 1.88 bits per heavy atom. The number of benzene rings is 6. The molecule has 0 atom stereocenters. The summed E-state index contributed by atoms with van der Waals surface area (Å²) in [5, 5.41) is 13.5. The first kappa shape index (κ1) is 22.5. The summed E-state index contributed by atoms with van der Waals surface area (Å²) in [5.41, 5.74) is 7.66. The first-order valence-electron chi connectivity index (χ1n) is 13.3. The van der Waals surface area contributed by atoms with Gasteiger partial charge in [0.2, 0.25) is 11.8 Å². The van der Waals surface area contributed by atoms with Crippen LogP contribution in [0.2, 0.25) is 0 Å². The molecule has 0 saturated carbocycles. The molecule has 6 aromatic carbocycles. The van der Waals surface area contributed by atoms with Gasteiger partial charge in [-0.1, -0.05) is 84.9 Å². The van der Waals surface area contributed by atoms with E-state index in [9.17, 15) is 0 Å². The minimum atomic E-state index is 0.513. The molecule has 0 saturated heterocycles. The summed E-state index contributed by atoms with van der Waals surface area (Å²) in [6.45, 7) is 0. The highest BCUT2D eigenvalue weighted by atomic mass is 16.4. The first-order valence-corrected chi connectivity index (χ1v) is 13.3. The number of nitrogens with zero attached hydrogens (tertiary/aromatic N) is 3. The first-order chi connectivity index (χ1) is 19.8. The summed E-state index contributed by atoms with van der Waals surface area (Å²) in [5.74, 6) is 1.03. The van der Waals surface area contributed by atoms with E-state index < -0.39 is 0 Å². The third-order valence-corrected chi connectivity index (χ3v) is 7.57. The Bertz CT molecular complexity index is 2160. The maximum Gasteiger partial charge on any atom is 0.248 e. The van der Waals surface area contributed by atoms with Gasteiger partial charge < -0.3 is 8.98 Å². The van der Waals surface area contributed by atoms with Gasteiger partial charge in [0.05, 0.1) is 11.0 Å². The van der Waals surface area contributed by atoms with E-state index in [2.05, 4.69) is 112 Å². The standard InChI is InChI=1S/C36H23N3O/c1-2-9-26(10-3-1)35-37-38-36(40-35)27-16-14-25(15-17-27)29-19-21-34-32(23-29)31-12-6-7-13-33(31)39(34)30-20-18-24-8-4-5-11-28(24)22-30/h1-23H. The molecular formula is C36H23N3O. The summed E-state index contributed by atoms with van der Waals surface area (Å²) in [6.07, 6.45) is 0. The van der Waals surface area contributed by atoms with E-state index in [1.54, 1.807) is 0 Å². The predicted molar refractivity (Wildman–Crippen MR) is 162 cm³/mol. The number of hydrogen-bond acceptors (Lipinski definition) is 3. The van der Waals surface area contributed by atoms with Crippen LogP contribution in [-0.2, 0) is 0 Å². The van der Waals surface area contributed by atoms with Crippen molar-refractivity contribution in [1.82, 2.24) is 14.8 Å². The van der Waals surface area contributed by atoms with Crippen LogP contribution < -0.4 is 0 Å². The molecule has 8 rings (SSSR count). The molecule has 188 valence electrons. The van der Waals surface area contributed by atoms with Gasteiger partial charge in [-0.15, -0.1) is 10.2 Å². The van der Waals surface area contributed by atoms with Crippen molar-refractivity contribution in [3.05, 3.63) is 140 Å². The molecule has 0 unspecified atom stereocenters. The molecular weight excluding hydrogens is 490 g/mol. The van der Waals surface area contributed by atoms with Crippen LogP contribution in [0.1, 0.15) is 0 Å². The SMILES string of the molecule is c1ccc(-c2nnc(-c3ccc(-c4ccc5c(c4)c4ccccc4n5-c4ccc5ccccc5c4)cc3)o2)cc1. The van der Waals surface area contributed by atoms with Crippen molar-refractivity contribution in [2.75, 3.05) is 0 Å². The lowest BCUT2D eigenvalue weighted by atomic mass is 10.0. The number of hydrogen-bond donors (Lipinski definition) is 0. The highest BCUT2D eigenvalue weighted by Crippen LogP contribution is 2.36. The number of rotatable bonds is 4. The molecule has 4 heteroatoms. The molecule has 0 aliphatic heterocycles. The third-order valence-electron chi connectivity index (χ3n) is 7.57. The van der Waals surface area contributed by atoms with Gasteiger partial charge in [0.1, 0.15) is 0 Å². The molecule has 0 N–H and O–H groups in total. The molecule has 2 heterocycles. The molecule has 0 aliphatic carbocycles. The van der Waals surface area contributed by atoms with Crippen LogP contribution in [0.15, 0.2) is 144 Å². The molecule has 0 fully saturated rings. The van der Waals surface area contributed by atoms with E-state index in [1.165, 1.54) is 32.6 Å². The van der Waals surface area contributed by atoms with Gasteiger partial charge in [0.25, 0.3) is 0 Å². The van der Waals surface area contributed by atoms with E-state index >= 15 is 0 Å². The lowest BCUT2D eigenvalue weighted by Gasteiger charge is -2.10. The monoisotopic (exact) mass is 513 g/mol. The van der Waals surface area contributed by atoms with E-state index in [1.807, 2.05) is 42.5 Å². The fourth-order valence-electron chi connectivity index (χ4n) is 5.59. The van der Waals surface area contributed by atoms with Crippen LogP contribution in [0.4, 0.5) is 0 Å². The molecule has 0 spiro atoms. The van der Waals surface area contributed by atoms with Crippen LogP contribution in [-0.4, -0.2) is 14.8 Å². The zero-order valence-corrected chi connectivity index (χ0v) is 21.5. The number of para-hydroxylation sites is 1. The van der Waals surface area contributed by atoms with Crippen molar-refractivity contribution in [1.29, 1.82) is 0 Å². The maximum absolute atomic E-state index is 5.95. The van der Waals surface area contributed by atoms with Crippen LogP contribution in [0.25, 0.3) is 72.3 Å². The molecule has 4 nitrogen and oxygen atoms in total. The van der Waals surface area contributed by atoms with E-state index in [0.29, 0.717) is 11.8 Å². The molecule has 0 radical (unpaired) electrons. The Hall–Kier alpha value is -5.48. The summed E-state index contributed by atoms with van der Waals surface area (Å²) in [4.78, 5) is 0. The van der Waals surface area contributed by atoms with Crippen molar-refractivity contribution < 1.29 is 4.42 Å². The Balaban J connectivity index is 1.19. The van der Waals surface area contributed by atoms with Crippen molar-refractivity contribution in [2.24, 2.45) is 0 Å². The summed E-state index contributed by atoms with van der Waals surface area (Å²) in [7, 11) is 0. The van der Waals surface area contributed by atoms with Gasteiger partial charge in [0.15, 0.2) is 0 Å².